The molecule has 4 saturated carbocycles. The highest BCUT2D eigenvalue weighted by Crippen LogP contribution is 2.65. The molecule has 3 heteroatoms. The van der Waals surface area contributed by atoms with Crippen molar-refractivity contribution in [3.63, 3.8) is 0 Å². The molecule has 1 heterocycles. The largest absolute Gasteiger partial charge is 0.352 e. The second-order valence-electron chi connectivity index (χ2n) is 9.44. The molecule has 0 spiro atoms. The van der Waals surface area contributed by atoms with Crippen molar-refractivity contribution in [1.82, 2.24) is 10.3 Å². The first-order chi connectivity index (χ1) is 13.7. The van der Waals surface area contributed by atoms with Gasteiger partial charge in [-0.25, -0.2) is 0 Å². The van der Waals surface area contributed by atoms with Crippen LogP contribution in [0.5, 0.6) is 0 Å². The van der Waals surface area contributed by atoms with Gasteiger partial charge in [0.1, 0.15) is 0 Å². The molecule has 0 radical (unpaired) electrons. The smallest absolute Gasteiger partial charge is 0.221 e. The van der Waals surface area contributed by atoms with E-state index in [1.54, 1.807) is 6.20 Å². The van der Waals surface area contributed by atoms with Crippen LogP contribution in [0.2, 0.25) is 0 Å². The molecule has 4 aliphatic carbocycles. The molecule has 1 N–H and O–H groups in total. The van der Waals surface area contributed by atoms with Crippen molar-refractivity contribution in [2.45, 2.75) is 51.0 Å². The summed E-state index contributed by atoms with van der Waals surface area (Å²) in [7, 11) is 0. The standard InChI is InChI=1S/C25H30N2O/c1-17-19-10-22-12-20(17)13-23(11-19)25(22,21-7-3-2-4-8-21)14-24(28)27-16-18-6-5-9-26-15-18/h2-9,15,17,19-20,22-23H,10-14,16H2,1H3,(H,27,28). The summed E-state index contributed by atoms with van der Waals surface area (Å²) in [5.74, 6) is 4.11. The number of rotatable bonds is 5. The molecule has 4 fully saturated rings. The van der Waals surface area contributed by atoms with Crippen LogP contribution in [0.4, 0.5) is 0 Å². The average molecular weight is 375 g/mol. The summed E-state index contributed by atoms with van der Waals surface area (Å²) in [6, 6.07) is 14.9. The minimum Gasteiger partial charge on any atom is -0.352 e. The fourth-order valence-corrected chi connectivity index (χ4v) is 6.91. The lowest BCUT2D eigenvalue weighted by molar-refractivity contribution is -0.133. The lowest BCUT2D eigenvalue weighted by Gasteiger charge is -2.63. The van der Waals surface area contributed by atoms with E-state index in [2.05, 4.69) is 47.6 Å². The SMILES string of the molecule is CC1C2CC3CC1CC(C2)C3(CC(=O)NCc1cccnc1)c1ccccc1. The Morgan fingerprint density at radius 3 is 2.32 bits per heavy atom. The summed E-state index contributed by atoms with van der Waals surface area (Å²) in [6.07, 6.45) is 9.44. The molecular formula is C25H30N2O. The van der Waals surface area contributed by atoms with E-state index in [4.69, 9.17) is 0 Å². The normalized spacial score (nSPS) is 35.7. The number of carbonyl (C=O) groups is 1. The van der Waals surface area contributed by atoms with Crippen LogP contribution in [0.3, 0.4) is 0 Å². The molecule has 2 aromatic rings. The maximum absolute atomic E-state index is 13.1. The van der Waals surface area contributed by atoms with Crippen molar-refractivity contribution in [3.8, 4) is 0 Å². The van der Waals surface area contributed by atoms with Gasteiger partial charge in [0.15, 0.2) is 0 Å². The Labute approximate surface area is 168 Å². The van der Waals surface area contributed by atoms with E-state index in [0.717, 1.165) is 23.3 Å². The van der Waals surface area contributed by atoms with Crippen LogP contribution < -0.4 is 5.32 Å². The Hall–Kier alpha value is -2.16. The summed E-state index contributed by atoms with van der Waals surface area (Å²) in [5.41, 5.74) is 2.48. The van der Waals surface area contributed by atoms with Crippen LogP contribution in [0.15, 0.2) is 54.9 Å². The molecule has 4 aliphatic rings. The number of hydrogen-bond donors (Lipinski definition) is 1. The lowest BCUT2D eigenvalue weighted by atomic mass is 9.41. The lowest BCUT2D eigenvalue weighted by Crippen LogP contribution is -2.59. The molecule has 0 saturated heterocycles. The number of nitrogens with one attached hydrogen (secondary N) is 1. The van der Waals surface area contributed by atoms with E-state index in [1.165, 1.54) is 31.2 Å². The molecule has 4 bridgehead atoms. The molecule has 3 nitrogen and oxygen atoms in total. The first kappa shape index (κ1) is 17.9. The number of pyridine rings is 1. The maximum atomic E-state index is 13.1. The van der Waals surface area contributed by atoms with Gasteiger partial charge in [-0.3, -0.25) is 9.78 Å². The summed E-state index contributed by atoms with van der Waals surface area (Å²) < 4.78 is 0. The summed E-state index contributed by atoms with van der Waals surface area (Å²) in [6.45, 7) is 3.03. The Morgan fingerprint density at radius 1 is 1.04 bits per heavy atom. The van der Waals surface area contributed by atoms with Crippen LogP contribution in [0, 0.1) is 29.6 Å². The predicted octanol–water partition coefficient (Wildman–Crippen LogP) is 4.73. The molecule has 1 amide bonds. The summed E-state index contributed by atoms with van der Waals surface area (Å²) >= 11 is 0. The van der Waals surface area contributed by atoms with Gasteiger partial charge in [0.05, 0.1) is 0 Å². The van der Waals surface area contributed by atoms with Gasteiger partial charge in [-0.05, 0) is 72.5 Å². The van der Waals surface area contributed by atoms with E-state index in [1.807, 2.05) is 18.3 Å². The zero-order valence-electron chi connectivity index (χ0n) is 16.7. The zero-order valence-corrected chi connectivity index (χ0v) is 16.7. The monoisotopic (exact) mass is 374 g/mol. The Kier molecular flexibility index (Phi) is 4.49. The topological polar surface area (TPSA) is 42.0 Å². The number of aromatic nitrogens is 1. The van der Waals surface area contributed by atoms with Gasteiger partial charge in [-0.15, -0.1) is 0 Å². The fourth-order valence-electron chi connectivity index (χ4n) is 6.91. The van der Waals surface area contributed by atoms with Crippen molar-refractivity contribution in [1.29, 1.82) is 0 Å². The molecule has 0 atom stereocenters. The number of amides is 1. The van der Waals surface area contributed by atoms with Crippen LogP contribution in [-0.4, -0.2) is 10.9 Å². The molecule has 1 aromatic heterocycles. The maximum Gasteiger partial charge on any atom is 0.221 e. The van der Waals surface area contributed by atoms with Gasteiger partial charge in [0.2, 0.25) is 5.91 Å². The highest BCUT2D eigenvalue weighted by atomic mass is 16.1. The van der Waals surface area contributed by atoms with E-state index >= 15 is 0 Å². The second-order valence-corrected chi connectivity index (χ2v) is 9.44. The second kappa shape index (κ2) is 7.02. The fraction of sp³-hybridized carbons (Fsp3) is 0.520. The Balaban J connectivity index is 1.41. The number of carbonyl (C=O) groups excluding carboxylic acids is 1. The summed E-state index contributed by atoms with van der Waals surface area (Å²) in [4.78, 5) is 17.3. The van der Waals surface area contributed by atoms with Crippen LogP contribution in [0.1, 0.15) is 50.2 Å². The molecule has 6 rings (SSSR count). The Morgan fingerprint density at radius 2 is 1.71 bits per heavy atom. The third-order valence-electron chi connectivity index (χ3n) is 8.27. The number of benzene rings is 1. The quantitative estimate of drug-likeness (QED) is 0.822. The molecule has 0 aliphatic heterocycles. The van der Waals surface area contributed by atoms with Crippen molar-refractivity contribution in [2.24, 2.45) is 29.6 Å². The van der Waals surface area contributed by atoms with E-state index in [0.29, 0.717) is 24.8 Å². The average Bonchev–Trinajstić information content (AvgIpc) is 2.72. The first-order valence-corrected chi connectivity index (χ1v) is 10.9. The predicted molar refractivity (Wildman–Crippen MR) is 110 cm³/mol. The molecule has 146 valence electrons. The van der Waals surface area contributed by atoms with Crippen LogP contribution in [-0.2, 0) is 16.8 Å². The molecule has 28 heavy (non-hydrogen) atoms. The van der Waals surface area contributed by atoms with Gasteiger partial charge in [-0.2, -0.15) is 0 Å². The summed E-state index contributed by atoms with van der Waals surface area (Å²) in [5, 5.41) is 3.18. The Bertz CT molecular complexity index is 802. The van der Waals surface area contributed by atoms with Gasteiger partial charge in [-0.1, -0.05) is 43.3 Å². The van der Waals surface area contributed by atoms with Gasteiger partial charge in [0, 0.05) is 30.8 Å². The van der Waals surface area contributed by atoms with Crippen molar-refractivity contribution in [2.75, 3.05) is 0 Å². The molecule has 1 aromatic carbocycles. The van der Waals surface area contributed by atoms with E-state index in [-0.39, 0.29) is 11.3 Å². The third kappa shape index (κ3) is 2.87. The number of nitrogens with zero attached hydrogens (tertiary/aromatic N) is 1. The van der Waals surface area contributed by atoms with Crippen molar-refractivity contribution < 1.29 is 4.79 Å². The third-order valence-corrected chi connectivity index (χ3v) is 8.27. The highest BCUT2D eigenvalue weighted by Gasteiger charge is 2.60. The van der Waals surface area contributed by atoms with Crippen molar-refractivity contribution in [3.05, 3.63) is 66.0 Å². The van der Waals surface area contributed by atoms with Crippen LogP contribution in [0.25, 0.3) is 0 Å². The minimum atomic E-state index is 0.0213. The van der Waals surface area contributed by atoms with E-state index in [9.17, 15) is 4.79 Å². The van der Waals surface area contributed by atoms with E-state index < -0.39 is 0 Å². The zero-order chi connectivity index (χ0) is 19.1. The van der Waals surface area contributed by atoms with Crippen molar-refractivity contribution >= 4 is 5.91 Å². The minimum absolute atomic E-state index is 0.0213. The van der Waals surface area contributed by atoms with Crippen LogP contribution >= 0.6 is 0 Å². The molecule has 0 unspecified atom stereocenters. The highest BCUT2D eigenvalue weighted by molar-refractivity contribution is 5.78. The van der Waals surface area contributed by atoms with Gasteiger partial charge >= 0.3 is 0 Å². The first-order valence-electron chi connectivity index (χ1n) is 10.9. The number of hydrogen-bond acceptors (Lipinski definition) is 2. The molecular weight excluding hydrogens is 344 g/mol. The van der Waals surface area contributed by atoms with Gasteiger partial charge in [0.25, 0.3) is 0 Å². The van der Waals surface area contributed by atoms with Gasteiger partial charge < -0.3 is 5.32 Å².